The molecule has 1 saturated carbocycles. The first-order chi connectivity index (χ1) is 6.77. The van der Waals surface area contributed by atoms with Gasteiger partial charge >= 0.3 is 0 Å². The van der Waals surface area contributed by atoms with Gasteiger partial charge in [0.05, 0.1) is 0 Å². The summed E-state index contributed by atoms with van der Waals surface area (Å²) in [5.41, 5.74) is 1.52. The van der Waals surface area contributed by atoms with Crippen molar-refractivity contribution >= 4 is 0 Å². The van der Waals surface area contributed by atoms with Crippen LogP contribution in [0.5, 0.6) is 0 Å². The maximum atomic E-state index is 2.39. The molecule has 0 nitrogen and oxygen atoms in total. The lowest BCUT2D eigenvalue weighted by Crippen LogP contribution is -2.06. The standard InChI is InChI=1S/C14H20/c1-11-8-9-14(10-11)12(2)13-6-4-3-5-7-13/h3-7,11-12,14H,8-10H2,1-2H3/t11?,12-,14?/m0/s1. The molecule has 1 aromatic rings. The van der Waals surface area contributed by atoms with Gasteiger partial charge in [-0.2, -0.15) is 0 Å². The average Bonchev–Trinajstić information content (AvgIpc) is 2.65. The van der Waals surface area contributed by atoms with E-state index in [9.17, 15) is 0 Å². The Morgan fingerprint density at radius 1 is 1.14 bits per heavy atom. The van der Waals surface area contributed by atoms with Crippen LogP contribution in [0.15, 0.2) is 30.3 Å². The third kappa shape index (κ3) is 2.00. The van der Waals surface area contributed by atoms with Crippen LogP contribution in [0, 0.1) is 11.8 Å². The topological polar surface area (TPSA) is 0 Å². The van der Waals surface area contributed by atoms with E-state index in [0.717, 1.165) is 17.8 Å². The fourth-order valence-corrected chi connectivity index (χ4v) is 2.73. The molecule has 0 radical (unpaired) electrons. The average molecular weight is 188 g/mol. The van der Waals surface area contributed by atoms with E-state index in [4.69, 9.17) is 0 Å². The first-order valence-electron chi connectivity index (χ1n) is 5.82. The summed E-state index contributed by atoms with van der Waals surface area (Å²) in [6.07, 6.45) is 4.29. The first kappa shape index (κ1) is 9.76. The molecule has 2 rings (SSSR count). The summed E-state index contributed by atoms with van der Waals surface area (Å²) < 4.78 is 0. The number of hydrogen-bond acceptors (Lipinski definition) is 0. The number of benzene rings is 1. The van der Waals surface area contributed by atoms with Crippen LogP contribution in [0.25, 0.3) is 0 Å². The van der Waals surface area contributed by atoms with Gasteiger partial charge in [0.1, 0.15) is 0 Å². The lowest BCUT2D eigenvalue weighted by Gasteiger charge is -2.19. The largest absolute Gasteiger partial charge is 0.0625 e. The second-order valence-electron chi connectivity index (χ2n) is 4.88. The Balaban J connectivity index is 2.05. The van der Waals surface area contributed by atoms with Crippen LogP contribution in [-0.4, -0.2) is 0 Å². The smallest absolute Gasteiger partial charge is 0.0162 e. The molecule has 2 unspecified atom stereocenters. The molecular formula is C14H20. The zero-order valence-corrected chi connectivity index (χ0v) is 9.24. The molecule has 0 N–H and O–H groups in total. The van der Waals surface area contributed by atoms with Crippen molar-refractivity contribution in [2.45, 2.75) is 39.0 Å². The van der Waals surface area contributed by atoms with Crippen molar-refractivity contribution in [2.75, 3.05) is 0 Å². The Morgan fingerprint density at radius 3 is 2.43 bits per heavy atom. The van der Waals surface area contributed by atoms with Crippen LogP contribution < -0.4 is 0 Å². The van der Waals surface area contributed by atoms with Gasteiger partial charge in [0, 0.05) is 0 Å². The van der Waals surface area contributed by atoms with Gasteiger partial charge in [0.25, 0.3) is 0 Å². The SMILES string of the molecule is CC1CCC([C@@H](C)c2ccccc2)C1. The Labute approximate surface area is 87.3 Å². The van der Waals surface area contributed by atoms with Gasteiger partial charge in [-0.25, -0.2) is 0 Å². The van der Waals surface area contributed by atoms with Gasteiger partial charge in [-0.15, -0.1) is 0 Å². The Kier molecular flexibility index (Phi) is 2.90. The summed E-state index contributed by atoms with van der Waals surface area (Å²) in [6, 6.07) is 11.0. The van der Waals surface area contributed by atoms with E-state index >= 15 is 0 Å². The van der Waals surface area contributed by atoms with Crippen molar-refractivity contribution in [3.63, 3.8) is 0 Å². The fraction of sp³-hybridized carbons (Fsp3) is 0.571. The highest BCUT2D eigenvalue weighted by Crippen LogP contribution is 2.39. The summed E-state index contributed by atoms with van der Waals surface area (Å²) in [6.45, 7) is 4.77. The van der Waals surface area contributed by atoms with Gasteiger partial charge in [-0.1, -0.05) is 50.6 Å². The zero-order chi connectivity index (χ0) is 9.97. The highest BCUT2D eigenvalue weighted by molar-refractivity contribution is 5.19. The molecular weight excluding hydrogens is 168 g/mol. The van der Waals surface area contributed by atoms with E-state index in [1.807, 2.05) is 0 Å². The van der Waals surface area contributed by atoms with E-state index in [0.29, 0.717) is 0 Å². The second-order valence-corrected chi connectivity index (χ2v) is 4.88. The molecule has 14 heavy (non-hydrogen) atoms. The van der Waals surface area contributed by atoms with Gasteiger partial charge in [-0.05, 0) is 36.2 Å². The zero-order valence-electron chi connectivity index (χ0n) is 9.24. The summed E-state index contributed by atoms with van der Waals surface area (Å²) >= 11 is 0. The number of rotatable bonds is 2. The Hall–Kier alpha value is -0.780. The minimum absolute atomic E-state index is 0.751. The molecule has 1 aromatic carbocycles. The third-order valence-electron chi connectivity index (χ3n) is 3.77. The van der Waals surface area contributed by atoms with Gasteiger partial charge in [0.15, 0.2) is 0 Å². The van der Waals surface area contributed by atoms with E-state index in [-0.39, 0.29) is 0 Å². The van der Waals surface area contributed by atoms with E-state index in [2.05, 4.69) is 44.2 Å². The third-order valence-corrected chi connectivity index (χ3v) is 3.77. The fourth-order valence-electron chi connectivity index (χ4n) is 2.73. The molecule has 0 aliphatic heterocycles. The molecule has 0 spiro atoms. The highest BCUT2D eigenvalue weighted by atomic mass is 14.3. The predicted molar refractivity (Wildman–Crippen MR) is 61.4 cm³/mol. The van der Waals surface area contributed by atoms with Crippen molar-refractivity contribution in [2.24, 2.45) is 11.8 Å². The molecule has 0 bridgehead atoms. The minimum atomic E-state index is 0.751. The second kappa shape index (κ2) is 4.16. The van der Waals surface area contributed by atoms with E-state index < -0.39 is 0 Å². The molecule has 76 valence electrons. The molecule has 0 aromatic heterocycles. The maximum absolute atomic E-state index is 2.39. The highest BCUT2D eigenvalue weighted by Gasteiger charge is 2.26. The van der Waals surface area contributed by atoms with Crippen LogP contribution in [0.4, 0.5) is 0 Å². The summed E-state index contributed by atoms with van der Waals surface area (Å²) in [4.78, 5) is 0. The van der Waals surface area contributed by atoms with E-state index in [1.165, 1.54) is 24.8 Å². The maximum Gasteiger partial charge on any atom is -0.0162 e. The van der Waals surface area contributed by atoms with E-state index in [1.54, 1.807) is 0 Å². The summed E-state index contributed by atoms with van der Waals surface area (Å²) in [5.74, 6) is 2.62. The summed E-state index contributed by atoms with van der Waals surface area (Å²) in [7, 11) is 0. The molecule has 0 saturated heterocycles. The molecule has 0 heteroatoms. The minimum Gasteiger partial charge on any atom is -0.0625 e. The van der Waals surface area contributed by atoms with Crippen LogP contribution in [0.1, 0.15) is 44.6 Å². The lowest BCUT2D eigenvalue weighted by atomic mass is 9.86. The van der Waals surface area contributed by atoms with Crippen molar-refractivity contribution < 1.29 is 0 Å². The molecule has 3 atom stereocenters. The van der Waals surface area contributed by atoms with Crippen molar-refractivity contribution in [3.8, 4) is 0 Å². The summed E-state index contributed by atoms with van der Waals surface area (Å²) in [5, 5.41) is 0. The Bertz CT molecular complexity index is 275. The lowest BCUT2D eigenvalue weighted by molar-refractivity contribution is 0.443. The molecule has 1 fully saturated rings. The van der Waals surface area contributed by atoms with Crippen LogP contribution >= 0.6 is 0 Å². The number of hydrogen-bond donors (Lipinski definition) is 0. The molecule has 0 heterocycles. The first-order valence-corrected chi connectivity index (χ1v) is 5.82. The monoisotopic (exact) mass is 188 g/mol. The predicted octanol–water partition coefficient (Wildman–Crippen LogP) is 4.23. The van der Waals surface area contributed by atoms with Crippen LogP contribution in [0.2, 0.25) is 0 Å². The molecule has 0 amide bonds. The molecule has 1 aliphatic carbocycles. The van der Waals surface area contributed by atoms with Crippen molar-refractivity contribution in [1.82, 2.24) is 0 Å². The van der Waals surface area contributed by atoms with Crippen LogP contribution in [-0.2, 0) is 0 Å². The normalized spacial score (nSPS) is 29.0. The van der Waals surface area contributed by atoms with Gasteiger partial charge in [-0.3, -0.25) is 0 Å². The van der Waals surface area contributed by atoms with Gasteiger partial charge in [0.2, 0.25) is 0 Å². The van der Waals surface area contributed by atoms with Crippen molar-refractivity contribution in [3.05, 3.63) is 35.9 Å². The molecule has 1 aliphatic rings. The van der Waals surface area contributed by atoms with Crippen molar-refractivity contribution in [1.29, 1.82) is 0 Å². The van der Waals surface area contributed by atoms with Gasteiger partial charge < -0.3 is 0 Å². The quantitative estimate of drug-likeness (QED) is 0.651. The Morgan fingerprint density at radius 2 is 1.86 bits per heavy atom. The van der Waals surface area contributed by atoms with Crippen LogP contribution in [0.3, 0.4) is 0 Å².